The Kier molecular flexibility index (Phi) is 3.76. The van der Waals surface area contributed by atoms with E-state index in [9.17, 15) is 10.2 Å². The smallest absolute Gasteiger partial charge is 0.119 e. The minimum Gasteiger partial charge on any atom is -0.508 e. The van der Waals surface area contributed by atoms with Crippen LogP contribution in [0.2, 0.25) is 0 Å². The van der Waals surface area contributed by atoms with Gasteiger partial charge in [-0.2, -0.15) is 0 Å². The van der Waals surface area contributed by atoms with E-state index in [-0.39, 0.29) is 11.2 Å². The van der Waals surface area contributed by atoms with E-state index in [0.717, 1.165) is 16.7 Å². The van der Waals surface area contributed by atoms with Gasteiger partial charge in [0.05, 0.1) is 0 Å². The Bertz CT molecular complexity index is 622. The molecule has 2 rings (SSSR count). The standard InChI is InChI=1S/C18H22O2/c1-12-9-10-16(20)14(17(12)18(2,3)4)11-13-7-5-6-8-15(13)19/h5-10,19-20H,11H2,1-4H3. The molecular weight excluding hydrogens is 248 g/mol. The summed E-state index contributed by atoms with van der Waals surface area (Å²) in [6.45, 7) is 8.49. The number of hydrogen-bond donors (Lipinski definition) is 2. The van der Waals surface area contributed by atoms with E-state index >= 15 is 0 Å². The van der Waals surface area contributed by atoms with Gasteiger partial charge in [0.1, 0.15) is 11.5 Å². The third-order valence-electron chi connectivity index (χ3n) is 3.61. The number of aryl methyl sites for hydroxylation is 1. The fraction of sp³-hybridized carbons (Fsp3) is 0.333. The number of hydrogen-bond acceptors (Lipinski definition) is 2. The van der Waals surface area contributed by atoms with Crippen molar-refractivity contribution in [1.29, 1.82) is 0 Å². The lowest BCUT2D eigenvalue weighted by atomic mass is 9.79. The summed E-state index contributed by atoms with van der Waals surface area (Å²) in [5, 5.41) is 20.2. The van der Waals surface area contributed by atoms with Crippen molar-refractivity contribution in [2.45, 2.75) is 39.5 Å². The van der Waals surface area contributed by atoms with E-state index in [2.05, 4.69) is 27.7 Å². The fourth-order valence-electron chi connectivity index (χ4n) is 2.83. The highest BCUT2D eigenvalue weighted by Crippen LogP contribution is 2.36. The average Bonchev–Trinajstić information content (AvgIpc) is 2.35. The molecule has 2 N–H and O–H groups in total. The number of benzene rings is 2. The van der Waals surface area contributed by atoms with Gasteiger partial charge in [0.25, 0.3) is 0 Å². The van der Waals surface area contributed by atoms with Crippen molar-refractivity contribution in [2.24, 2.45) is 0 Å². The second kappa shape index (κ2) is 5.20. The lowest BCUT2D eigenvalue weighted by Crippen LogP contribution is -2.16. The number of phenolic OH excluding ortho intramolecular Hbond substituents is 2. The van der Waals surface area contributed by atoms with Crippen molar-refractivity contribution < 1.29 is 10.2 Å². The van der Waals surface area contributed by atoms with Crippen molar-refractivity contribution in [1.82, 2.24) is 0 Å². The van der Waals surface area contributed by atoms with Gasteiger partial charge in [0.2, 0.25) is 0 Å². The predicted molar refractivity (Wildman–Crippen MR) is 82.5 cm³/mol. The first-order valence-electron chi connectivity index (χ1n) is 6.89. The van der Waals surface area contributed by atoms with Crippen LogP contribution in [0, 0.1) is 6.92 Å². The Morgan fingerprint density at radius 3 is 2.15 bits per heavy atom. The summed E-state index contributed by atoms with van der Waals surface area (Å²) in [5.41, 5.74) is 4.00. The zero-order chi connectivity index (χ0) is 14.9. The van der Waals surface area contributed by atoms with E-state index in [1.807, 2.05) is 18.2 Å². The summed E-state index contributed by atoms with van der Waals surface area (Å²) in [6.07, 6.45) is 0.535. The summed E-state index contributed by atoms with van der Waals surface area (Å²) in [4.78, 5) is 0. The molecule has 0 fully saturated rings. The third kappa shape index (κ3) is 2.79. The van der Waals surface area contributed by atoms with E-state index in [1.165, 1.54) is 5.56 Å². The van der Waals surface area contributed by atoms with Crippen molar-refractivity contribution in [2.75, 3.05) is 0 Å². The minimum atomic E-state index is -0.0530. The molecule has 20 heavy (non-hydrogen) atoms. The molecule has 2 nitrogen and oxygen atoms in total. The highest BCUT2D eigenvalue weighted by Gasteiger charge is 2.23. The van der Waals surface area contributed by atoms with Crippen LogP contribution < -0.4 is 0 Å². The van der Waals surface area contributed by atoms with Crippen LogP contribution in [-0.4, -0.2) is 10.2 Å². The predicted octanol–water partition coefficient (Wildman–Crippen LogP) is 4.29. The van der Waals surface area contributed by atoms with Gasteiger partial charge in [0, 0.05) is 12.0 Å². The van der Waals surface area contributed by atoms with E-state index < -0.39 is 0 Å². The number of aromatic hydroxyl groups is 2. The Labute approximate surface area is 120 Å². The first-order chi connectivity index (χ1) is 9.30. The van der Waals surface area contributed by atoms with Crippen LogP contribution in [0.25, 0.3) is 0 Å². The Hall–Kier alpha value is -1.96. The normalized spacial score (nSPS) is 11.6. The van der Waals surface area contributed by atoms with Crippen molar-refractivity contribution in [3.05, 3.63) is 58.7 Å². The summed E-state index contributed by atoms with van der Waals surface area (Å²) in [7, 11) is 0. The summed E-state index contributed by atoms with van der Waals surface area (Å²) < 4.78 is 0. The van der Waals surface area contributed by atoms with Gasteiger partial charge in [-0.3, -0.25) is 0 Å². The molecule has 2 heteroatoms. The highest BCUT2D eigenvalue weighted by molar-refractivity contribution is 5.51. The molecule has 0 bridgehead atoms. The Balaban J connectivity index is 2.57. The van der Waals surface area contributed by atoms with Crippen LogP contribution in [0.4, 0.5) is 0 Å². The van der Waals surface area contributed by atoms with Crippen LogP contribution in [0.15, 0.2) is 36.4 Å². The molecule has 0 unspecified atom stereocenters. The molecule has 2 aromatic carbocycles. The largest absolute Gasteiger partial charge is 0.508 e. The van der Waals surface area contributed by atoms with Gasteiger partial charge in [-0.25, -0.2) is 0 Å². The van der Waals surface area contributed by atoms with E-state index in [1.54, 1.807) is 18.2 Å². The van der Waals surface area contributed by atoms with Gasteiger partial charge < -0.3 is 10.2 Å². The molecule has 0 aromatic heterocycles. The Morgan fingerprint density at radius 1 is 0.900 bits per heavy atom. The van der Waals surface area contributed by atoms with Gasteiger partial charge in [0.15, 0.2) is 0 Å². The summed E-state index contributed by atoms with van der Waals surface area (Å²) >= 11 is 0. The maximum atomic E-state index is 10.2. The topological polar surface area (TPSA) is 40.5 Å². The average molecular weight is 270 g/mol. The van der Waals surface area contributed by atoms with Crippen LogP contribution in [0.3, 0.4) is 0 Å². The van der Waals surface area contributed by atoms with Crippen molar-refractivity contribution in [3.8, 4) is 11.5 Å². The second-order valence-corrected chi connectivity index (χ2v) is 6.31. The van der Waals surface area contributed by atoms with Crippen molar-refractivity contribution >= 4 is 0 Å². The quantitative estimate of drug-likeness (QED) is 0.854. The van der Waals surface area contributed by atoms with Gasteiger partial charge in [-0.1, -0.05) is 45.0 Å². The molecule has 2 aromatic rings. The molecule has 106 valence electrons. The van der Waals surface area contributed by atoms with Crippen LogP contribution in [0.1, 0.15) is 43.0 Å². The monoisotopic (exact) mass is 270 g/mol. The molecule has 0 amide bonds. The number of para-hydroxylation sites is 1. The number of phenols is 2. The maximum Gasteiger partial charge on any atom is 0.119 e. The molecule has 0 radical (unpaired) electrons. The summed E-state index contributed by atoms with van der Waals surface area (Å²) in [6, 6.07) is 11.0. The SMILES string of the molecule is Cc1ccc(O)c(Cc2ccccc2O)c1C(C)(C)C. The first kappa shape index (κ1) is 14.4. The molecule has 0 spiro atoms. The lowest BCUT2D eigenvalue weighted by molar-refractivity contribution is 0.458. The molecule has 0 aliphatic carbocycles. The number of rotatable bonds is 2. The summed E-state index contributed by atoms with van der Waals surface area (Å²) in [5.74, 6) is 0.567. The van der Waals surface area contributed by atoms with Crippen LogP contribution in [0.5, 0.6) is 11.5 Å². The van der Waals surface area contributed by atoms with Gasteiger partial charge >= 0.3 is 0 Å². The fourth-order valence-corrected chi connectivity index (χ4v) is 2.83. The third-order valence-corrected chi connectivity index (χ3v) is 3.61. The molecule has 0 aliphatic rings. The minimum absolute atomic E-state index is 0.0530. The van der Waals surface area contributed by atoms with Gasteiger partial charge in [-0.05, 0) is 41.2 Å². The van der Waals surface area contributed by atoms with E-state index in [0.29, 0.717) is 12.2 Å². The molecule has 0 atom stereocenters. The highest BCUT2D eigenvalue weighted by atomic mass is 16.3. The first-order valence-corrected chi connectivity index (χ1v) is 6.89. The molecule has 0 aliphatic heterocycles. The van der Waals surface area contributed by atoms with Crippen LogP contribution >= 0.6 is 0 Å². The molecular formula is C18H22O2. The zero-order valence-corrected chi connectivity index (χ0v) is 12.6. The van der Waals surface area contributed by atoms with Crippen molar-refractivity contribution in [3.63, 3.8) is 0 Å². The van der Waals surface area contributed by atoms with Gasteiger partial charge in [-0.15, -0.1) is 0 Å². The molecule has 0 saturated heterocycles. The second-order valence-electron chi connectivity index (χ2n) is 6.31. The van der Waals surface area contributed by atoms with Crippen LogP contribution in [-0.2, 0) is 11.8 Å². The Morgan fingerprint density at radius 2 is 1.55 bits per heavy atom. The zero-order valence-electron chi connectivity index (χ0n) is 12.6. The molecule has 0 heterocycles. The maximum absolute atomic E-state index is 10.2. The molecule has 0 saturated carbocycles. The van der Waals surface area contributed by atoms with E-state index in [4.69, 9.17) is 0 Å². The lowest BCUT2D eigenvalue weighted by Gasteiger charge is -2.26.